The van der Waals surface area contributed by atoms with Crippen LogP contribution in [0.3, 0.4) is 0 Å². The molecule has 4 rings (SSSR count). The van der Waals surface area contributed by atoms with Crippen molar-refractivity contribution in [1.29, 1.82) is 0 Å². The molecule has 0 radical (unpaired) electrons. The van der Waals surface area contributed by atoms with Gasteiger partial charge in [0.25, 0.3) is 5.91 Å². The van der Waals surface area contributed by atoms with E-state index >= 15 is 0 Å². The molecule has 1 aromatic heterocycles. The van der Waals surface area contributed by atoms with Crippen molar-refractivity contribution in [2.75, 3.05) is 26.3 Å². The number of carbonyl (C=O) groups excluding carboxylic acids is 1. The van der Waals surface area contributed by atoms with Gasteiger partial charge in [-0.05, 0) is 25.0 Å². The average molecular weight is 333 g/mol. The molecule has 2 N–H and O–H groups in total. The molecule has 3 fully saturated rings. The van der Waals surface area contributed by atoms with Crippen LogP contribution in [0.5, 0.6) is 0 Å². The zero-order chi connectivity index (χ0) is 16.5. The van der Waals surface area contributed by atoms with Crippen molar-refractivity contribution in [3.8, 4) is 0 Å². The van der Waals surface area contributed by atoms with Crippen LogP contribution in [0, 0.1) is 0 Å². The zero-order valence-corrected chi connectivity index (χ0v) is 13.5. The average Bonchev–Trinajstić information content (AvgIpc) is 3.19. The summed E-state index contributed by atoms with van der Waals surface area (Å²) >= 11 is 0. The summed E-state index contributed by atoms with van der Waals surface area (Å²) in [5.74, 6) is 0.0716. The number of aromatic nitrogens is 1. The number of hydrogen-bond donors (Lipinski definition) is 2. The fraction of sp³-hybridized carbons (Fsp3) is 0.647. The third-order valence-corrected chi connectivity index (χ3v) is 5.19. The fourth-order valence-corrected chi connectivity index (χ4v) is 3.85. The lowest BCUT2D eigenvalue weighted by molar-refractivity contribution is 0.0175. The van der Waals surface area contributed by atoms with E-state index in [0.717, 1.165) is 25.9 Å². The molecule has 1 amide bonds. The standard InChI is InChI=1S/C17H23N3O4/c21-14-10-24-15-13(9-23-16(14)15)19-12-3-7-20(8-4-12)17(22)11-1-5-18-6-2-11/h1-2,5-6,12-16,19,21H,3-4,7-10H2/t13-,14-,15-,16-/m1/s1. The van der Waals surface area contributed by atoms with E-state index in [2.05, 4.69) is 10.3 Å². The predicted molar refractivity (Wildman–Crippen MR) is 85.6 cm³/mol. The summed E-state index contributed by atoms with van der Waals surface area (Å²) in [4.78, 5) is 18.3. The number of aliphatic hydroxyl groups is 1. The monoisotopic (exact) mass is 333 g/mol. The number of carbonyl (C=O) groups is 1. The third kappa shape index (κ3) is 3.04. The molecule has 130 valence electrons. The first-order valence-corrected chi connectivity index (χ1v) is 8.59. The van der Waals surface area contributed by atoms with Crippen molar-refractivity contribution in [3.05, 3.63) is 30.1 Å². The van der Waals surface area contributed by atoms with Gasteiger partial charge in [-0.15, -0.1) is 0 Å². The number of aliphatic hydroxyl groups excluding tert-OH is 1. The summed E-state index contributed by atoms with van der Waals surface area (Å²) < 4.78 is 11.3. The van der Waals surface area contributed by atoms with E-state index in [1.165, 1.54) is 0 Å². The van der Waals surface area contributed by atoms with Gasteiger partial charge < -0.3 is 24.8 Å². The van der Waals surface area contributed by atoms with Gasteiger partial charge in [0, 0.05) is 37.1 Å². The van der Waals surface area contributed by atoms with Crippen LogP contribution in [0.2, 0.25) is 0 Å². The zero-order valence-electron chi connectivity index (χ0n) is 13.5. The van der Waals surface area contributed by atoms with Gasteiger partial charge in [0.05, 0.1) is 19.3 Å². The molecule has 1 aromatic rings. The minimum Gasteiger partial charge on any atom is -0.388 e. The quantitative estimate of drug-likeness (QED) is 0.797. The van der Waals surface area contributed by atoms with Crippen LogP contribution in [0.15, 0.2) is 24.5 Å². The van der Waals surface area contributed by atoms with Crippen molar-refractivity contribution < 1.29 is 19.4 Å². The van der Waals surface area contributed by atoms with Crippen molar-refractivity contribution in [2.45, 2.75) is 43.2 Å². The predicted octanol–water partition coefficient (Wildman–Crippen LogP) is -0.197. The van der Waals surface area contributed by atoms with E-state index < -0.39 is 6.10 Å². The Morgan fingerprint density at radius 3 is 2.62 bits per heavy atom. The molecule has 4 atom stereocenters. The maximum Gasteiger partial charge on any atom is 0.253 e. The lowest BCUT2D eigenvalue weighted by Gasteiger charge is -2.34. The molecule has 4 heterocycles. The van der Waals surface area contributed by atoms with Crippen LogP contribution in [0.25, 0.3) is 0 Å². The first-order valence-electron chi connectivity index (χ1n) is 8.59. The number of ether oxygens (including phenoxy) is 2. The van der Waals surface area contributed by atoms with Gasteiger partial charge in [-0.25, -0.2) is 0 Å². The normalized spacial score (nSPS) is 33.6. The van der Waals surface area contributed by atoms with E-state index in [4.69, 9.17) is 9.47 Å². The minimum atomic E-state index is -0.512. The maximum atomic E-state index is 12.4. The molecule has 3 aliphatic rings. The van der Waals surface area contributed by atoms with E-state index in [1.54, 1.807) is 24.5 Å². The van der Waals surface area contributed by atoms with Crippen molar-refractivity contribution in [1.82, 2.24) is 15.2 Å². The molecule has 0 unspecified atom stereocenters. The summed E-state index contributed by atoms with van der Waals surface area (Å²) in [5.41, 5.74) is 0.691. The molecule has 0 saturated carbocycles. The first kappa shape index (κ1) is 16.0. The summed E-state index contributed by atoms with van der Waals surface area (Å²) in [6, 6.07) is 3.98. The third-order valence-electron chi connectivity index (χ3n) is 5.19. The highest BCUT2D eigenvalue weighted by Crippen LogP contribution is 2.28. The Bertz CT molecular complexity index is 576. The second-order valence-corrected chi connectivity index (χ2v) is 6.74. The summed E-state index contributed by atoms with van der Waals surface area (Å²) in [7, 11) is 0. The molecule has 0 bridgehead atoms. The molecule has 7 heteroatoms. The highest BCUT2D eigenvalue weighted by molar-refractivity contribution is 5.94. The van der Waals surface area contributed by atoms with E-state index in [1.807, 2.05) is 4.90 Å². The van der Waals surface area contributed by atoms with Gasteiger partial charge in [-0.1, -0.05) is 0 Å². The van der Waals surface area contributed by atoms with Crippen molar-refractivity contribution >= 4 is 5.91 Å². The smallest absolute Gasteiger partial charge is 0.253 e. The number of likely N-dealkylation sites (tertiary alicyclic amines) is 1. The molecule has 24 heavy (non-hydrogen) atoms. The Morgan fingerprint density at radius 2 is 1.88 bits per heavy atom. The Labute approximate surface area is 141 Å². The number of hydrogen-bond acceptors (Lipinski definition) is 6. The van der Waals surface area contributed by atoms with Crippen molar-refractivity contribution in [3.63, 3.8) is 0 Å². The number of nitrogens with zero attached hydrogens (tertiary/aromatic N) is 2. The fourth-order valence-electron chi connectivity index (χ4n) is 3.85. The number of pyridine rings is 1. The number of rotatable bonds is 3. The molecule has 3 saturated heterocycles. The molecule has 0 aliphatic carbocycles. The molecule has 3 aliphatic heterocycles. The number of piperidine rings is 1. The van der Waals surface area contributed by atoms with Gasteiger partial charge in [0.15, 0.2) is 0 Å². The largest absolute Gasteiger partial charge is 0.388 e. The van der Waals surface area contributed by atoms with Gasteiger partial charge in [0.1, 0.15) is 18.3 Å². The molecular formula is C17H23N3O4. The SMILES string of the molecule is O=C(c1ccncc1)N1CCC(N[C@@H]2CO[C@H]3[C@@H]2OC[C@H]3O)CC1. The number of amides is 1. The highest BCUT2D eigenvalue weighted by Gasteiger charge is 2.47. The molecular weight excluding hydrogens is 310 g/mol. The molecule has 7 nitrogen and oxygen atoms in total. The van der Waals surface area contributed by atoms with Gasteiger partial charge in [-0.3, -0.25) is 9.78 Å². The minimum absolute atomic E-state index is 0.0588. The summed E-state index contributed by atoms with van der Waals surface area (Å²) in [5, 5.41) is 13.4. The topological polar surface area (TPSA) is 83.9 Å². The van der Waals surface area contributed by atoms with Gasteiger partial charge in [0.2, 0.25) is 0 Å². The van der Waals surface area contributed by atoms with Crippen LogP contribution in [0.1, 0.15) is 23.2 Å². The summed E-state index contributed by atoms with van der Waals surface area (Å²) in [6.07, 6.45) is 4.34. The van der Waals surface area contributed by atoms with Crippen LogP contribution in [0.4, 0.5) is 0 Å². The number of nitrogens with one attached hydrogen (secondary N) is 1. The number of fused-ring (bicyclic) bond motifs is 1. The van der Waals surface area contributed by atoms with Gasteiger partial charge in [-0.2, -0.15) is 0 Å². The summed E-state index contributed by atoms with van der Waals surface area (Å²) in [6.45, 7) is 2.41. The first-order chi connectivity index (χ1) is 11.7. The highest BCUT2D eigenvalue weighted by atomic mass is 16.6. The second kappa shape index (κ2) is 6.76. The van der Waals surface area contributed by atoms with Crippen molar-refractivity contribution in [2.24, 2.45) is 0 Å². The van der Waals surface area contributed by atoms with E-state index in [0.29, 0.717) is 24.8 Å². The Hall–Kier alpha value is -1.54. The lowest BCUT2D eigenvalue weighted by atomic mass is 10.0. The lowest BCUT2D eigenvalue weighted by Crippen LogP contribution is -2.51. The van der Waals surface area contributed by atoms with Crippen LogP contribution < -0.4 is 5.32 Å². The maximum absolute atomic E-state index is 12.4. The Balaban J connectivity index is 1.28. The van der Waals surface area contributed by atoms with E-state index in [-0.39, 0.29) is 24.2 Å². The van der Waals surface area contributed by atoms with Crippen LogP contribution in [-0.4, -0.2) is 77.6 Å². The second-order valence-electron chi connectivity index (χ2n) is 6.74. The van der Waals surface area contributed by atoms with Gasteiger partial charge >= 0.3 is 0 Å². The molecule has 0 spiro atoms. The van der Waals surface area contributed by atoms with Crippen LogP contribution >= 0.6 is 0 Å². The Kier molecular flexibility index (Phi) is 4.49. The Morgan fingerprint density at radius 1 is 1.17 bits per heavy atom. The molecule has 0 aromatic carbocycles. The van der Waals surface area contributed by atoms with E-state index in [9.17, 15) is 9.90 Å². The van der Waals surface area contributed by atoms with Crippen LogP contribution in [-0.2, 0) is 9.47 Å².